The quantitative estimate of drug-likeness (QED) is 0.556. The Morgan fingerprint density at radius 3 is 1.61 bits per heavy atom. The lowest BCUT2D eigenvalue weighted by Crippen LogP contribution is -2.54. The van der Waals surface area contributed by atoms with Gasteiger partial charge in [0.05, 0.1) is 26.1 Å². The van der Waals surface area contributed by atoms with Crippen LogP contribution in [0, 0.1) is 23.7 Å². The van der Waals surface area contributed by atoms with Gasteiger partial charge in [-0.05, 0) is 37.5 Å². The molecule has 18 heavy (non-hydrogen) atoms. The Labute approximate surface area is 107 Å². The summed E-state index contributed by atoms with van der Waals surface area (Å²) in [5.74, 6) is -0.608. The van der Waals surface area contributed by atoms with Crippen LogP contribution in [0.1, 0.15) is 25.7 Å². The van der Waals surface area contributed by atoms with E-state index in [1.54, 1.807) is 0 Å². The number of methoxy groups -OCH3 is 2. The summed E-state index contributed by atoms with van der Waals surface area (Å²) in [5, 5.41) is 0. The first kappa shape index (κ1) is 13.1. The standard InChI is InChI=1S/C14H20O4/c1-17-13(15)11-9-7-5-3-4-6-8-10(9)12(11)14(16)18-2/h3-4,9-12H,5-8H2,1-2H3/b4-3-. The van der Waals surface area contributed by atoms with Crippen molar-refractivity contribution in [2.45, 2.75) is 25.7 Å². The highest BCUT2D eigenvalue weighted by atomic mass is 16.5. The van der Waals surface area contributed by atoms with Gasteiger partial charge in [-0.3, -0.25) is 9.59 Å². The Balaban J connectivity index is 2.17. The average Bonchev–Trinajstić information content (AvgIpc) is 2.35. The zero-order chi connectivity index (χ0) is 13.1. The molecule has 4 nitrogen and oxygen atoms in total. The predicted octanol–water partition coefficient (Wildman–Crippen LogP) is 1.94. The largest absolute Gasteiger partial charge is 0.469 e. The Bertz CT molecular complexity index is 327. The maximum absolute atomic E-state index is 11.8. The summed E-state index contributed by atoms with van der Waals surface area (Å²) in [6.07, 6.45) is 8.18. The molecule has 2 aliphatic carbocycles. The van der Waals surface area contributed by atoms with E-state index in [1.165, 1.54) is 14.2 Å². The van der Waals surface area contributed by atoms with E-state index >= 15 is 0 Å². The lowest BCUT2D eigenvalue weighted by molar-refractivity contribution is -0.180. The number of esters is 2. The third-order valence-corrected chi connectivity index (χ3v) is 4.31. The molecular formula is C14H20O4. The molecule has 0 saturated heterocycles. The minimum absolute atomic E-state index is 0.267. The normalized spacial score (nSPS) is 36.3. The van der Waals surface area contributed by atoms with Gasteiger partial charge in [-0.1, -0.05) is 12.2 Å². The Morgan fingerprint density at radius 2 is 1.28 bits per heavy atom. The van der Waals surface area contributed by atoms with Gasteiger partial charge in [0.15, 0.2) is 0 Å². The summed E-state index contributed by atoms with van der Waals surface area (Å²) >= 11 is 0. The van der Waals surface area contributed by atoms with Crippen LogP contribution in [0.15, 0.2) is 12.2 Å². The van der Waals surface area contributed by atoms with E-state index in [0.29, 0.717) is 0 Å². The highest BCUT2D eigenvalue weighted by molar-refractivity contribution is 5.84. The molecule has 0 aliphatic heterocycles. The molecule has 2 rings (SSSR count). The van der Waals surface area contributed by atoms with Crippen LogP contribution in [-0.4, -0.2) is 26.2 Å². The minimum Gasteiger partial charge on any atom is -0.469 e. The van der Waals surface area contributed by atoms with Gasteiger partial charge in [0.2, 0.25) is 0 Å². The number of hydrogen-bond donors (Lipinski definition) is 0. The first-order valence-corrected chi connectivity index (χ1v) is 6.51. The molecule has 0 bridgehead atoms. The summed E-state index contributed by atoms with van der Waals surface area (Å²) in [5.41, 5.74) is 0. The first-order valence-electron chi connectivity index (χ1n) is 6.51. The second-order valence-electron chi connectivity index (χ2n) is 5.05. The van der Waals surface area contributed by atoms with Crippen LogP contribution >= 0.6 is 0 Å². The van der Waals surface area contributed by atoms with Crippen molar-refractivity contribution in [1.29, 1.82) is 0 Å². The third-order valence-electron chi connectivity index (χ3n) is 4.31. The molecule has 4 atom stereocenters. The number of ether oxygens (including phenoxy) is 2. The van der Waals surface area contributed by atoms with Crippen LogP contribution in [0.5, 0.6) is 0 Å². The van der Waals surface area contributed by atoms with Crippen molar-refractivity contribution >= 4 is 11.9 Å². The van der Waals surface area contributed by atoms with Crippen molar-refractivity contribution in [2.75, 3.05) is 14.2 Å². The van der Waals surface area contributed by atoms with Crippen LogP contribution in [-0.2, 0) is 19.1 Å². The fourth-order valence-electron chi connectivity index (χ4n) is 3.44. The first-order chi connectivity index (χ1) is 8.70. The number of allylic oxidation sites excluding steroid dienone is 2. The summed E-state index contributed by atoms with van der Waals surface area (Å²) in [6.45, 7) is 0. The fourth-order valence-corrected chi connectivity index (χ4v) is 3.44. The van der Waals surface area contributed by atoms with Gasteiger partial charge < -0.3 is 9.47 Å². The summed E-state index contributed by atoms with van der Waals surface area (Å²) in [4.78, 5) is 23.7. The predicted molar refractivity (Wildman–Crippen MR) is 65.6 cm³/mol. The number of hydrogen-bond acceptors (Lipinski definition) is 4. The fraction of sp³-hybridized carbons (Fsp3) is 0.714. The molecule has 0 aromatic heterocycles. The zero-order valence-corrected chi connectivity index (χ0v) is 10.9. The molecule has 0 amide bonds. The molecule has 1 saturated carbocycles. The lowest BCUT2D eigenvalue weighted by Gasteiger charge is -2.49. The van der Waals surface area contributed by atoms with Crippen LogP contribution < -0.4 is 0 Å². The van der Waals surface area contributed by atoms with Crippen molar-refractivity contribution in [3.63, 3.8) is 0 Å². The Hall–Kier alpha value is -1.32. The van der Waals surface area contributed by atoms with Gasteiger partial charge in [-0.25, -0.2) is 0 Å². The SMILES string of the molecule is COC(=O)C1C2CC/C=C\CCC2C1C(=O)OC. The van der Waals surface area contributed by atoms with E-state index < -0.39 is 0 Å². The lowest BCUT2D eigenvalue weighted by atomic mass is 9.53. The van der Waals surface area contributed by atoms with Crippen molar-refractivity contribution in [2.24, 2.45) is 23.7 Å². The molecule has 2 aliphatic rings. The maximum Gasteiger partial charge on any atom is 0.309 e. The smallest absolute Gasteiger partial charge is 0.309 e. The van der Waals surface area contributed by atoms with Gasteiger partial charge in [-0.15, -0.1) is 0 Å². The van der Waals surface area contributed by atoms with Gasteiger partial charge in [0, 0.05) is 0 Å². The van der Waals surface area contributed by atoms with E-state index in [2.05, 4.69) is 12.2 Å². The van der Waals surface area contributed by atoms with Crippen molar-refractivity contribution < 1.29 is 19.1 Å². The molecule has 0 heterocycles. The van der Waals surface area contributed by atoms with Gasteiger partial charge in [-0.2, -0.15) is 0 Å². The third kappa shape index (κ3) is 2.16. The summed E-state index contributed by atoms with van der Waals surface area (Å²) in [6, 6.07) is 0. The molecule has 4 unspecified atom stereocenters. The molecular weight excluding hydrogens is 232 g/mol. The second kappa shape index (κ2) is 5.55. The summed E-state index contributed by atoms with van der Waals surface area (Å²) < 4.78 is 9.67. The molecule has 0 aromatic rings. The van der Waals surface area contributed by atoms with Crippen LogP contribution in [0.2, 0.25) is 0 Å². The van der Waals surface area contributed by atoms with Crippen LogP contribution in [0.3, 0.4) is 0 Å². The number of carbonyl (C=O) groups excluding carboxylic acids is 2. The van der Waals surface area contributed by atoms with E-state index in [0.717, 1.165) is 25.7 Å². The zero-order valence-electron chi connectivity index (χ0n) is 10.9. The maximum atomic E-state index is 11.8. The van der Waals surface area contributed by atoms with E-state index in [-0.39, 0.29) is 35.6 Å². The molecule has 100 valence electrons. The molecule has 0 N–H and O–H groups in total. The molecule has 0 aromatic carbocycles. The van der Waals surface area contributed by atoms with Crippen LogP contribution in [0.4, 0.5) is 0 Å². The summed E-state index contributed by atoms with van der Waals surface area (Å²) in [7, 11) is 2.76. The second-order valence-corrected chi connectivity index (χ2v) is 5.05. The van der Waals surface area contributed by atoms with Crippen LogP contribution in [0.25, 0.3) is 0 Å². The highest BCUT2D eigenvalue weighted by Crippen LogP contribution is 2.52. The monoisotopic (exact) mass is 252 g/mol. The molecule has 0 spiro atoms. The number of rotatable bonds is 2. The molecule has 4 heteroatoms. The van der Waals surface area contributed by atoms with Crippen molar-refractivity contribution in [1.82, 2.24) is 0 Å². The molecule has 1 fully saturated rings. The number of fused-ring (bicyclic) bond motifs is 1. The van der Waals surface area contributed by atoms with Gasteiger partial charge in [0.1, 0.15) is 0 Å². The Kier molecular flexibility index (Phi) is 4.04. The van der Waals surface area contributed by atoms with E-state index in [4.69, 9.17) is 9.47 Å². The topological polar surface area (TPSA) is 52.6 Å². The van der Waals surface area contributed by atoms with E-state index in [9.17, 15) is 9.59 Å². The number of carbonyl (C=O) groups is 2. The van der Waals surface area contributed by atoms with Crippen molar-refractivity contribution in [3.8, 4) is 0 Å². The minimum atomic E-state index is -0.307. The Morgan fingerprint density at radius 1 is 0.889 bits per heavy atom. The highest BCUT2D eigenvalue weighted by Gasteiger charge is 2.57. The van der Waals surface area contributed by atoms with Gasteiger partial charge in [0.25, 0.3) is 0 Å². The van der Waals surface area contributed by atoms with E-state index in [1.807, 2.05) is 0 Å². The average molecular weight is 252 g/mol. The van der Waals surface area contributed by atoms with Gasteiger partial charge >= 0.3 is 11.9 Å². The van der Waals surface area contributed by atoms with Crippen molar-refractivity contribution in [3.05, 3.63) is 12.2 Å². The molecule has 0 radical (unpaired) electrons.